The van der Waals surface area contributed by atoms with Crippen LogP contribution in [-0.4, -0.2) is 0 Å². The van der Waals surface area contributed by atoms with Crippen molar-refractivity contribution in [2.24, 2.45) is 17.6 Å². The molecule has 70 valence electrons. The number of rotatable bonds is 1. The first kappa shape index (κ1) is 8.01. The van der Waals surface area contributed by atoms with E-state index in [0.717, 1.165) is 11.8 Å². The molecule has 2 N–H and O–H groups in total. The number of nitrogens with two attached hydrogens (primary N) is 1. The molecule has 0 bridgehead atoms. The molecule has 2 aliphatic rings. The minimum Gasteiger partial charge on any atom is -0.321 e. The monoisotopic (exact) mass is 193 g/mol. The Bertz CT molecular complexity index is 332. The van der Waals surface area contributed by atoms with Crippen LogP contribution in [0.2, 0.25) is 0 Å². The molecule has 2 unspecified atom stereocenters. The Morgan fingerprint density at radius 2 is 2.08 bits per heavy atom. The summed E-state index contributed by atoms with van der Waals surface area (Å²) in [6, 6.07) is 0. The van der Waals surface area contributed by atoms with Crippen molar-refractivity contribution in [3.63, 3.8) is 0 Å². The van der Waals surface area contributed by atoms with Crippen LogP contribution in [0.3, 0.4) is 0 Å². The maximum Gasteiger partial charge on any atom is 0.0484 e. The smallest absolute Gasteiger partial charge is 0.0484 e. The highest BCUT2D eigenvalue weighted by Gasteiger charge is 2.64. The Labute approximate surface area is 83.0 Å². The van der Waals surface area contributed by atoms with E-state index in [-0.39, 0.29) is 5.54 Å². The molecule has 0 saturated heterocycles. The van der Waals surface area contributed by atoms with E-state index in [0.29, 0.717) is 0 Å². The van der Waals surface area contributed by atoms with Gasteiger partial charge in [-0.1, -0.05) is 6.42 Å². The highest BCUT2D eigenvalue weighted by Crippen LogP contribution is 2.65. The number of aryl methyl sites for hydroxylation is 1. The molecule has 13 heavy (non-hydrogen) atoms. The lowest BCUT2D eigenvalue weighted by Crippen LogP contribution is -2.25. The molecule has 2 fully saturated rings. The van der Waals surface area contributed by atoms with Crippen LogP contribution in [0.1, 0.15) is 30.4 Å². The summed E-state index contributed by atoms with van der Waals surface area (Å²) in [5, 5.41) is 4.48. The van der Waals surface area contributed by atoms with Gasteiger partial charge in [0.2, 0.25) is 0 Å². The van der Waals surface area contributed by atoms with E-state index in [1.54, 1.807) is 11.3 Å². The van der Waals surface area contributed by atoms with E-state index >= 15 is 0 Å². The second kappa shape index (κ2) is 2.37. The van der Waals surface area contributed by atoms with Crippen molar-refractivity contribution in [3.8, 4) is 0 Å². The largest absolute Gasteiger partial charge is 0.321 e. The van der Waals surface area contributed by atoms with Crippen LogP contribution in [0.25, 0.3) is 0 Å². The minimum absolute atomic E-state index is 0.0856. The summed E-state index contributed by atoms with van der Waals surface area (Å²) in [7, 11) is 0. The first-order chi connectivity index (χ1) is 6.24. The zero-order valence-electron chi connectivity index (χ0n) is 7.92. The number of hydrogen-bond acceptors (Lipinski definition) is 2. The molecule has 0 aliphatic heterocycles. The minimum atomic E-state index is 0.0856. The van der Waals surface area contributed by atoms with Crippen molar-refractivity contribution in [2.45, 2.75) is 31.7 Å². The van der Waals surface area contributed by atoms with Gasteiger partial charge in [-0.2, -0.15) is 11.3 Å². The van der Waals surface area contributed by atoms with Gasteiger partial charge in [-0.15, -0.1) is 0 Å². The van der Waals surface area contributed by atoms with Crippen LogP contribution in [0.4, 0.5) is 0 Å². The van der Waals surface area contributed by atoms with Gasteiger partial charge in [0, 0.05) is 5.54 Å². The maximum absolute atomic E-state index is 6.47. The van der Waals surface area contributed by atoms with Crippen molar-refractivity contribution >= 4 is 11.3 Å². The van der Waals surface area contributed by atoms with Gasteiger partial charge in [0.25, 0.3) is 0 Å². The Kier molecular flexibility index (Phi) is 1.46. The van der Waals surface area contributed by atoms with Gasteiger partial charge >= 0.3 is 0 Å². The standard InChI is InChI=1S/C11H15NS/c1-7-5-13-6-10(7)11(12)8-3-2-4-9(8)11/h5-6,8-9H,2-4,12H2,1H3. The Morgan fingerprint density at radius 1 is 1.38 bits per heavy atom. The second-order valence-corrected chi connectivity index (χ2v) is 5.29. The molecule has 0 spiro atoms. The lowest BCUT2D eigenvalue weighted by atomic mass is 9.97. The highest BCUT2D eigenvalue weighted by atomic mass is 32.1. The van der Waals surface area contributed by atoms with Gasteiger partial charge in [0.15, 0.2) is 0 Å². The molecule has 2 saturated carbocycles. The summed E-state index contributed by atoms with van der Waals surface area (Å²) >= 11 is 1.79. The Hall–Kier alpha value is -0.340. The second-order valence-electron chi connectivity index (χ2n) is 4.55. The molecule has 1 aromatic rings. The van der Waals surface area contributed by atoms with Gasteiger partial charge in [-0.05, 0) is 53.5 Å². The lowest BCUT2D eigenvalue weighted by Gasteiger charge is -2.15. The molecule has 3 rings (SSSR count). The fourth-order valence-electron chi connectivity index (χ4n) is 3.20. The first-order valence-electron chi connectivity index (χ1n) is 5.06. The van der Waals surface area contributed by atoms with E-state index in [9.17, 15) is 0 Å². The zero-order valence-corrected chi connectivity index (χ0v) is 8.73. The summed E-state index contributed by atoms with van der Waals surface area (Å²) in [6.07, 6.45) is 4.12. The van der Waals surface area contributed by atoms with Crippen molar-refractivity contribution < 1.29 is 0 Å². The topological polar surface area (TPSA) is 26.0 Å². The zero-order chi connectivity index (χ0) is 9.05. The van der Waals surface area contributed by atoms with Crippen molar-refractivity contribution in [3.05, 3.63) is 21.9 Å². The van der Waals surface area contributed by atoms with Gasteiger partial charge < -0.3 is 5.73 Å². The molecule has 2 heteroatoms. The van der Waals surface area contributed by atoms with Crippen LogP contribution in [0, 0.1) is 18.8 Å². The van der Waals surface area contributed by atoms with Gasteiger partial charge in [0.1, 0.15) is 0 Å². The maximum atomic E-state index is 6.47. The normalized spacial score (nSPS) is 42.0. The first-order valence-corrected chi connectivity index (χ1v) is 6.01. The van der Waals surface area contributed by atoms with E-state index < -0.39 is 0 Å². The molecular weight excluding hydrogens is 178 g/mol. The highest BCUT2D eigenvalue weighted by molar-refractivity contribution is 7.08. The number of hydrogen-bond donors (Lipinski definition) is 1. The molecule has 2 aliphatic carbocycles. The van der Waals surface area contributed by atoms with E-state index in [1.165, 1.54) is 30.4 Å². The summed E-state index contributed by atoms with van der Waals surface area (Å²) in [5.41, 5.74) is 9.40. The van der Waals surface area contributed by atoms with Crippen LogP contribution >= 0.6 is 11.3 Å². The van der Waals surface area contributed by atoms with Crippen molar-refractivity contribution in [1.82, 2.24) is 0 Å². The third-order valence-corrected chi connectivity index (χ3v) is 4.82. The predicted octanol–water partition coefficient (Wildman–Crippen LogP) is 2.64. The van der Waals surface area contributed by atoms with Crippen LogP contribution in [0.5, 0.6) is 0 Å². The third-order valence-electron chi connectivity index (χ3n) is 3.96. The fraction of sp³-hybridized carbons (Fsp3) is 0.636. The molecule has 0 amide bonds. The summed E-state index contributed by atoms with van der Waals surface area (Å²) in [4.78, 5) is 0. The SMILES string of the molecule is Cc1cscc1C1(N)C2CCCC21. The predicted molar refractivity (Wildman–Crippen MR) is 55.8 cm³/mol. The fourth-order valence-corrected chi connectivity index (χ4v) is 4.13. The molecule has 0 radical (unpaired) electrons. The van der Waals surface area contributed by atoms with Crippen molar-refractivity contribution in [2.75, 3.05) is 0 Å². The average Bonchev–Trinajstić information content (AvgIpc) is 2.61. The van der Waals surface area contributed by atoms with Gasteiger partial charge in [-0.3, -0.25) is 0 Å². The molecule has 1 nitrogen and oxygen atoms in total. The van der Waals surface area contributed by atoms with Gasteiger partial charge in [-0.25, -0.2) is 0 Å². The number of fused-ring (bicyclic) bond motifs is 1. The van der Waals surface area contributed by atoms with Crippen molar-refractivity contribution in [1.29, 1.82) is 0 Å². The lowest BCUT2D eigenvalue weighted by molar-refractivity contribution is 0.526. The van der Waals surface area contributed by atoms with Gasteiger partial charge in [0.05, 0.1) is 0 Å². The Morgan fingerprint density at radius 3 is 2.62 bits per heavy atom. The third kappa shape index (κ3) is 0.856. The summed E-state index contributed by atoms with van der Waals surface area (Å²) in [5.74, 6) is 1.61. The Balaban J connectivity index is 1.99. The molecular formula is C11H15NS. The van der Waals surface area contributed by atoms with E-state index in [1.807, 2.05) is 0 Å². The molecule has 0 aromatic carbocycles. The molecule has 1 aromatic heterocycles. The quantitative estimate of drug-likeness (QED) is 0.729. The van der Waals surface area contributed by atoms with Crippen LogP contribution in [0.15, 0.2) is 10.8 Å². The summed E-state index contributed by atoms with van der Waals surface area (Å²) in [6.45, 7) is 2.19. The van der Waals surface area contributed by atoms with E-state index in [2.05, 4.69) is 17.7 Å². The number of thiophene rings is 1. The van der Waals surface area contributed by atoms with Crippen LogP contribution in [-0.2, 0) is 5.54 Å². The van der Waals surface area contributed by atoms with E-state index in [4.69, 9.17) is 5.73 Å². The summed E-state index contributed by atoms with van der Waals surface area (Å²) < 4.78 is 0. The van der Waals surface area contributed by atoms with Crippen LogP contribution < -0.4 is 5.73 Å². The average molecular weight is 193 g/mol. The molecule has 1 heterocycles. The molecule has 2 atom stereocenters.